The molecule has 1 aliphatic carbocycles. The molecule has 24 heavy (non-hydrogen) atoms. The third-order valence-corrected chi connectivity index (χ3v) is 4.69. The Morgan fingerprint density at radius 2 is 2.00 bits per heavy atom. The first-order chi connectivity index (χ1) is 11.6. The number of amides is 1. The van der Waals surface area contributed by atoms with E-state index in [0.29, 0.717) is 6.54 Å². The number of hydrogen-bond acceptors (Lipinski definition) is 4. The Morgan fingerprint density at radius 1 is 1.25 bits per heavy atom. The van der Waals surface area contributed by atoms with Crippen LogP contribution in [0.5, 0.6) is 0 Å². The molecule has 2 heterocycles. The van der Waals surface area contributed by atoms with E-state index < -0.39 is 6.04 Å². The summed E-state index contributed by atoms with van der Waals surface area (Å²) in [6.07, 6.45) is 2.07. The van der Waals surface area contributed by atoms with Gasteiger partial charge in [0.2, 0.25) is 5.91 Å². The van der Waals surface area contributed by atoms with Gasteiger partial charge in [0.15, 0.2) is 0 Å². The van der Waals surface area contributed by atoms with Crippen LogP contribution in [0.25, 0.3) is 0 Å². The van der Waals surface area contributed by atoms with Crippen molar-refractivity contribution in [1.29, 1.82) is 0 Å². The largest absolute Gasteiger partial charge is 0.352 e. The molecule has 4 rings (SSSR count). The minimum atomic E-state index is -0.433. The second-order valence-corrected chi connectivity index (χ2v) is 6.52. The number of halogens is 1. The summed E-state index contributed by atoms with van der Waals surface area (Å²) in [5.41, 5.74) is 0.805. The second kappa shape index (κ2) is 5.98. The third-order valence-electron chi connectivity index (χ3n) is 4.69. The standard InChI is InChI=1S/C17H20FN5O/c1-11-20-21-15-10-22(8-9-23(11)15)16(17(24)19-14-6-7-14)12-2-4-13(18)5-3-12/h2-5,14,16H,6-10H2,1H3,(H,19,24)/t16-/m1/s1. The van der Waals surface area contributed by atoms with E-state index in [-0.39, 0.29) is 17.8 Å². The minimum Gasteiger partial charge on any atom is -0.352 e. The van der Waals surface area contributed by atoms with E-state index >= 15 is 0 Å². The third kappa shape index (κ3) is 2.91. The molecule has 6 nitrogen and oxygen atoms in total. The first-order valence-electron chi connectivity index (χ1n) is 8.30. The highest BCUT2D eigenvalue weighted by atomic mass is 19.1. The number of fused-ring (bicyclic) bond motifs is 1. The summed E-state index contributed by atoms with van der Waals surface area (Å²) in [6.45, 7) is 3.97. The number of rotatable bonds is 4. The van der Waals surface area contributed by atoms with Gasteiger partial charge in [-0.05, 0) is 37.5 Å². The molecule has 0 bridgehead atoms. The van der Waals surface area contributed by atoms with Crippen molar-refractivity contribution in [2.45, 2.75) is 44.9 Å². The summed E-state index contributed by atoms with van der Waals surface area (Å²) in [7, 11) is 0. The van der Waals surface area contributed by atoms with Gasteiger partial charge in [-0.3, -0.25) is 9.69 Å². The highest BCUT2D eigenvalue weighted by molar-refractivity contribution is 5.83. The van der Waals surface area contributed by atoms with Crippen LogP contribution in [0.1, 0.15) is 36.1 Å². The van der Waals surface area contributed by atoms with Crippen LogP contribution < -0.4 is 5.32 Å². The molecular formula is C17H20FN5O. The maximum atomic E-state index is 13.3. The number of nitrogens with zero attached hydrogens (tertiary/aromatic N) is 4. The van der Waals surface area contributed by atoms with E-state index in [1.807, 2.05) is 6.92 Å². The lowest BCUT2D eigenvalue weighted by Gasteiger charge is -2.34. The highest BCUT2D eigenvalue weighted by Gasteiger charge is 2.34. The van der Waals surface area contributed by atoms with Crippen molar-refractivity contribution in [2.24, 2.45) is 0 Å². The predicted octanol–water partition coefficient (Wildman–Crippen LogP) is 1.56. The lowest BCUT2D eigenvalue weighted by Crippen LogP contribution is -2.44. The van der Waals surface area contributed by atoms with Crippen molar-refractivity contribution in [2.75, 3.05) is 6.54 Å². The van der Waals surface area contributed by atoms with Crippen molar-refractivity contribution >= 4 is 5.91 Å². The van der Waals surface area contributed by atoms with Gasteiger partial charge in [-0.2, -0.15) is 0 Å². The molecule has 0 unspecified atom stereocenters. The Labute approximate surface area is 139 Å². The van der Waals surface area contributed by atoms with Gasteiger partial charge < -0.3 is 9.88 Å². The highest BCUT2D eigenvalue weighted by Crippen LogP contribution is 2.28. The molecular weight excluding hydrogens is 309 g/mol. The van der Waals surface area contributed by atoms with E-state index in [2.05, 4.69) is 25.0 Å². The number of carbonyl (C=O) groups is 1. The normalized spacial score (nSPS) is 18.9. The van der Waals surface area contributed by atoms with Gasteiger partial charge >= 0.3 is 0 Å². The van der Waals surface area contributed by atoms with Crippen molar-refractivity contribution in [3.63, 3.8) is 0 Å². The fourth-order valence-electron chi connectivity index (χ4n) is 3.22. The van der Waals surface area contributed by atoms with Crippen molar-refractivity contribution in [1.82, 2.24) is 25.0 Å². The number of benzene rings is 1. The first kappa shape index (κ1) is 15.3. The number of hydrogen-bond donors (Lipinski definition) is 1. The maximum absolute atomic E-state index is 13.3. The first-order valence-corrected chi connectivity index (χ1v) is 8.30. The molecule has 1 saturated carbocycles. The summed E-state index contributed by atoms with van der Waals surface area (Å²) >= 11 is 0. The Bertz CT molecular complexity index is 753. The average Bonchev–Trinajstić information content (AvgIpc) is 3.31. The zero-order chi connectivity index (χ0) is 16.7. The molecule has 1 fully saturated rings. The van der Waals surface area contributed by atoms with Gasteiger partial charge in [0.1, 0.15) is 23.5 Å². The Kier molecular flexibility index (Phi) is 3.80. The number of aromatic nitrogens is 3. The molecule has 2 aliphatic rings. The Balaban J connectivity index is 1.62. The molecule has 1 aromatic heterocycles. The van der Waals surface area contributed by atoms with Gasteiger partial charge in [0.05, 0.1) is 6.54 Å². The summed E-state index contributed by atoms with van der Waals surface area (Å²) in [5, 5.41) is 11.4. The number of nitrogens with one attached hydrogen (secondary N) is 1. The van der Waals surface area contributed by atoms with E-state index in [0.717, 1.165) is 43.1 Å². The summed E-state index contributed by atoms with van der Waals surface area (Å²) in [5.74, 6) is 1.44. The van der Waals surface area contributed by atoms with Gasteiger partial charge in [0.25, 0.3) is 0 Å². The molecule has 0 spiro atoms. The molecule has 1 atom stereocenters. The van der Waals surface area contributed by atoms with Crippen molar-refractivity contribution in [3.05, 3.63) is 47.3 Å². The molecule has 7 heteroatoms. The molecule has 126 valence electrons. The maximum Gasteiger partial charge on any atom is 0.242 e. The van der Waals surface area contributed by atoms with Crippen LogP contribution in [-0.2, 0) is 17.9 Å². The summed E-state index contributed by atoms with van der Waals surface area (Å²) in [6, 6.07) is 6.05. The van der Waals surface area contributed by atoms with Crippen LogP contribution in [0.3, 0.4) is 0 Å². The molecule has 0 radical (unpaired) electrons. The quantitative estimate of drug-likeness (QED) is 0.925. The molecule has 1 N–H and O–H groups in total. The lowest BCUT2D eigenvalue weighted by molar-refractivity contribution is -0.127. The van der Waals surface area contributed by atoms with E-state index in [4.69, 9.17) is 0 Å². The molecule has 1 aromatic carbocycles. The number of carbonyl (C=O) groups excluding carboxylic acids is 1. The Hall–Kier alpha value is -2.28. The summed E-state index contributed by atoms with van der Waals surface area (Å²) < 4.78 is 15.4. The zero-order valence-corrected chi connectivity index (χ0v) is 13.6. The van der Waals surface area contributed by atoms with Gasteiger partial charge in [-0.25, -0.2) is 4.39 Å². The van der Waals surface area contributed by atoms with Gasteiger partial charge in [0, 0.05) is 19.1 Å². The van der Waals surface area contributed by atoms with Crippen molar-refractivity contribution < 1.29 is 9.18 Å². The van der Waals surface area contributed by atoms with E-state index in [1.165, 1.54) is 12.1 Å². The minimum absolute atomic E-state index is 0.0196. The second-order valence-electron chi connectivity index (χ2n) is 6.52. The fourth-order valence-corrected chi connectivity index (χ4v) is 3.22. The SMILES string of the molecule is Cc1nnc2n1CCN([C@@H](C(=O)NC1CC1)c1ccc(F)cc1)C2. The van der Waals surface area contributed by atoms with Crippen molar-refractivity contribution in [3.8, 4) is 0 Å². The molecule has 1 aliphatic heterocycles. The predicted molar refractivity (Wildman–Crippen MR) is 85.5 cm³/mol. The molecule has 1 amide bonds. The van der Waals surface area contributed by atoms with E-state index in [1.54, 1.807) is 12.1 Å². The number of aryl methyl sites for hydroxylation is 1. The molecule has 0 saturated heterocycles. The molecule has 2 aromatic rings. The smallest absolute Gasteiger partial charge is 0.242 e. The fraction of sp³-hybridized carbons (Fsp3) is 0.471. The van der Waals surface area contributed by atoms with Crippen LogP contribution in [0, 0.1) is 12.7 Å². The Morgan fingerprint density at radius 3 is 2.71 bits per heavy atom. The van der Waals surface area contributed by atoms with Gasteiger partial charge in [-0.15, -0.1) is 10.2 Å². The van der Waals surface area contributed by atoms with E-state index in [9.17, 15) is 9.18 Å². The van der Waals surface area contributed by atoms with Crippen LogP contribution in [0.15, 0.2) is 24.3 Å². The summed E-state index contributed by atoms with van der Waals surface area (Å²) in [4.78, 5) is 14.9. The van der Waals surface area contributed by atoms with Gasteiger partial charge in [-0.1, -0.05) is 12.1 Å². The van der Waals surface area contributed by atoms with Crippen LogP contribution in [0.4, 0.5) is 4.39 Å². The monoisotopic (exact) mass is 329 g/mol. The van der Waals surface area contributed by atoms with Crippen LogP contribution >= 0.6 is 0 Å². The average molecular weight is 329 g/mol. The van der Waals surface area contributed by atoms with Crippen LogP contribution in [0.2, 0.25) is 0 Å². The van der Waals surface area contributed by atoms with Crippen LogP contribution in [-0.4, -0.2) is 38.2 Å². The topological polar surface area (TPSA) is 63.1 Å². The lowest BCUT2D eigenvalue weighted by atomic mass is 10.0. The zero-order valence-electron chi connectivity index (χ0n) is 13.6.